The van der Waals surface area contributed by atoms with Crippen LogP contribution in [0.15, 0.2) is 59.6 Å². The van der Waals surface area contributed by atoms with E-state index in [4.69, 9.17) is 5.73 Å². The number of halogens is 3. The van der Waals surface area contributed by atoms with E-state index >= 15 is 0 Å². The van der Waals surface area contributed by atoms with Gasteiger partial charge in [-0.1, -0.05) is 30.3 Å². The maximum Gasteiger partial charge on any atom is 0.573 e. The van der Waals surface area contributed by atoms with Gasteiger partial charge in [-0.3, -0.25) is 4.99 Å². The smallest absolute Gasteiger partial charge is 0.406 e. The van der Waals surface area contributed by atoms with Crippen molar-refractivity contribution in [1.29, 1.82) is 0 Å². The monoisotopic (exact) mass is 349 g/mol. The predicted octanol–water partition coefficient (Wildman–Crippen LogP) is 4.04. The zero-order valence-electron chi connectivity index (χ0n) is 13.4. The van der Waals surface area contributed by atoms with Crippen molar-refractivity contribution in [3.05, 3.63) is 60.2 Å². The third-order valence-electron chi connectivity index (χ3n) is 4.15. The van der Waals surface area contributed by atoms with E-state index in [1.54, 1.807) is 0 Å². The summed E-state index contributed by atoms with van der Waals surface area (Å²) in [6.07, 6.45) is -2.57. The number of hydrogen-bond acceptors (Lipinski definition) is 2. The Balaban J connectivity index is 1.59. The highest BCUT2D eigenvalue weighted by Crippen LogP contribution is 2.48. The molecule has 1 fully saturated rings. The van der Waals surface area contributed by atoms with Crippen LogP contribution in [0, 0.1) is 0 Å². The largest absolute Gasteiger partial charge is 0.573 e. The van der Waals surface area contributed by atoms with Crippen LogP contribution in [0.2, 0.25) is 0 Å². The number of guanidine groups is 1. The van der Waals surface area contributed by atoms with Gasteiger partial charge >= 0.3 is 6.36 Å². The van der Waals surface area contributed by atoms with E-state index in [2.05, 4.69) is 27.2 Å². The van der Waals surface area contributed by atoms with E-state index in [1.807, 2.05) is 18.2 Å². The van der Waals surface area contributed by atoms with Crippen molar-refractivity contribution in [3.63, 3.8) is 0 Å². The van der Waals surface area contributed by atoms with Gasteiger partial charge < -0.3 is 15.8 Å². The molecule has 2 aromatic carbocycles. The highest BCUT2D eigenvalue weighted by molar-refractivity contribution is 5.92. The first-order chi connectivity index (χ1) is 11.9. The first kappa shape index (κ1) is 17.1. The lowest BCUT2D eigenvalue weighted by molar-refractivity contribution is -0.274. The molecule has 3 N–H and O–H groups in total. The molecule has 3 rings (SSSR count). The fraction of sp³-hybridized carbons (Fsp3) is 0.278. The molecule has 1 saturated carbocycles. The molecule has 0 heterocycles. The predicted molar refractivity (Wildman–Crippen MR) is 90.6 cm³/mol. The number of benzene rings is 2. The van der Waals surface area contributed by atoms with Crippen molar-refractivity contribution in [2.75, 3.05) is 11.9 Å². The third kappa shape index (κ3) is 4.65. The van der Waals surface area contributed by atoms with Crippen LogP contribution in [0.3, 0.4) is 0 Å². The standard InChI is InChI=1S/C18H18F3N3O/c19-18(20,21)25-15-8-6-14(7-9-15)24-16(22)23-12-17(10-11-17)13-4-2-1-3-5-13/h1-9H,10-12H2,(H3,22,23,24). The lowest BCUT2D eigenvalue weighted by Crippen LogP contribution is -2.25. The highest BCUT2D eigenvalue weighted by atomic mass is 19.4. The summed E-state index contributed by atoms with van der Waals surface area (Å²) < 4.78 is 40.2. The van der Waals surface area contributed by atoms with Crippen molar-refractivity contribution in [1.82, 2.24) is 0 Å². The van der Waals surface area contributed by atoms with Crippen molar-refractivity contribution < 1.29 is 17.9 Å². The summed E-state index contributed by atoms with van der Waals surface area (Å²) in [5.41, 5.74) is 7.73. The van der Waals surface area contributed by atoms with Crippen LogP contribution in [0.1, 0.15) is 18.4 Å². The topological polar surface area (TPSA) is 59.6 Å². The van der Waals surface area contributed by atoms with Gasteiger partial charge in [0.2, 0.25) is 0 Å². The molecule has 0 saturated heterocycles. The van der Waals surface area contributed by atoms with Crippen LogP contribution in [0.5, 0.6) is 5.75 Å². The molecule has 0 unspecified atom stereocenters. The number of hydrogen-bond donors (Lipinski definition) is 2. The zero-order chi connectivity index (χ0) is 17.9. The molecule has 0 atom stereocenters. The summed E-state index contributed by atoms with van der Waals surface area (Å²) in [7, 11) is 0. The molecule has 7 heteroatoms. The van der Waals surface area contributed by atoms with Gasteiger partial charge in [-0.25, -0.2) is 0 Å². The molecule has 0 aromatic heterocycles. The Kier molecular flexibility index (Phi) is 4.57. The summed E-state index contributed by atoms with van der Waals surface area (Å²) in [6, 6.07) is 15.5. The van der Waals surface area contributed by atoms with E-state index in [1.165, 1.54) is 29.8 Å². The first-order valence-electron chi connectivity index (χ1n) is 7.85. The minimum Gasteiger partial charge on any atom is -0.406 e. The van der Waals surface area contributed by atoms with Gasteiger partial charge in [0, 0.05) is 11.1 Å². The molecule has 0 bridgehead atoms. The SMILES string of the molecule is NC(=NCC1(c2ccccc2)CC1)Nc1ccc(OC(F)(F)F)cc1. The van der Waals surface area contributed by atoms with E-state index in [0.29, 0.717) is 12.2 Å². The Hall–Kier alpha value is -2.70. The lowest BCUT2D eigenvalue weighted by atomic mass is 9.96. The van der Waals surface area contributed by atoms with Gasteiger partial charge in [0.25, 0.3) is 0 Å². The molecule has 0 amide bonds. The normalized spacial score (nSPS) is 16.4. The molecule has 0 spiro atoms. The van der Waals surface area contributed by atoms with Crippen LogP contribution in [-0.4, -0.2) is 18.9 Å². The second-order valence-corrected chi connectivity index (χ2v) is 6.05. The summed E-state index contributed by atoms with van der Waals surface area (Å²) in [5, 5.41) is 2.87. The Morgan fingerprint density at radius 2 is 1.72 bits per heavy atom. The molecule has 0 radical (unpaired) electrons. The van der Waals surface area contributed by atoms with Gasteiger partial charge in [-0.05, 0) is 42.7 Å². The number of nitrogens with zero attached hydrogens (tertiary/aromatic N) is 1. The van der Waals surface area contributed by atoms with Crippen LogP contribution < -0.4 is 15.8 Å². The van der Waals surface area contributed by atoms with Gasteiger partial charge in [-0.15, -0.1) is 13.2 Å². The Bertz CT molecular complexity index is 738. The number of nitrogens with two attached hydrogens (primary N) is 1. The number of ether oxygens (including phenoxy) is 1. The molecular weight excluding hydrogens is 331 g/mol. The van der Waals surface area contributed by atoms with Crippen molar-refractivity contribution in [2.45, 2.75) is 24.6 Å². The molecule has 1 aliphatic carbocycles. The number of anilines is 1. The molecule has 25 heavy (non-hydrogen) atoms. The van der Waals surface area contributed by atoms with Crippen LogP contribution in [-0.2, 0) is 5.41 Å². The van der Waals surface area contributed by atoms with Gasteiger partial charge in [0.15, 0.2) is 5.96 Å². The Morgan fingerprint density at radius 3 is 2.28 bits per heavy atom. The molecule has 0 aliphatic heterocycles. The quantitative estimate of drug-likeness (QED) is 0.633. The number of aliphatic imine (C=N–C) groups is 1. The van der Waals surface area contributed by atoms with Gasteiger partial charge in [-0.2, -0.15) is 0 Å². The van der Waals surface area contributed by atoms with E-state index in [-0.39, 0.29) is 17.1 Å². The van der Waals surface area contributed by atoms with Crippen molar-refractivity contribution >= 4 is 11.6 Å². The van der Waals surface area contributed by atoms with Crippen LogP contribution in [0.25, 0.3) is 0 Å². The molecule has 1 aliphatic rings. The summed E-state index contributed by atoms with van der Waals surface area (Å²) in [6.45, 7) is 0.575. The maximum atomic E-state index is 12.1. The van der Waals surface area contributed by atoms with E-state index in [0.717, 1.165) is 12.8 Å². The Labute approximate surface area is 143 Å². The van der Waals surface area contributed by atoms with Gasteiger partial charge in [0.1, 0.15) is 5.75 Å². The van der Waals surface area contributed by atoms with Crippen molar-refractivity contribution in [3.8, 4) is 5.75 Å². The number of rotatable bonds is 5. The fourth-order valence-corrected chi connectivity index (χ4v) is 2.64. The van der Waals surface area contributed by atoms with E-state index in [9.17, 15) is 13.2 Å². The number of nitrogens with one attached hydrogen (secondary N) is 1. The Morgan fingerprint density at radius 1 is 1.08 bits per heavy atom. The molecule has 2 aromatic rings. The molecule has 132 valence electrons. The maximum absolute atomic E-state index is 12.1. The van der Waals surface area contributed by atoms with Crippen LogP contribution >= 0.6 is 0 Å². The minimum atomic E-state index is -4.70. The fourth-order valence-electron chi connectivity index (χ4n) is 2.64. The summed E-state index contributed by atoms with van der Waals surface area (Å²) in [4.78, 5) is 4.38. The third-order valence-corrected chi connectivity index (χ3v) is 4.15. The van der Waals surface area contributed by atoms with Gasteiger partial charge in [0.05, 0.1) is 6.54 Å². The molecule has 4 nitrogen and oxygen atoms in total. The second-order valence-electron chi connectivity index (χ2n) is 6.05. The average molecular weight is 349 g/mol. The minimum absolute atomic E-state index is 0.0535. The summed E-state index contributed by atoms with van der Waals surface area (Å²) >= 11 is 0. The lowest BCUT2D eigenvalue weighted by Gasteiger charge is -2.14. The first-order valence-corrected chi connectivity index (χ1v) is 7.85. The average Bonchev–Trinajstić information content (AvgIpc) is 3.36. The molecular formula is C18H18F3N3O. The second kappa shape index (κ2) is 6.66. The highest BCUT2D eigenvalue weighted by Gasteiger charge is 2.43. The van der Waals surface area contributed by atoms with Crippen LogP contribution in [0.4, 0.5) is 18.9 Å². The van der Waals surface area contributed by atoms with Crippen molar-refractivity contribution in [2.24, 2.45) is 10.7 Å². The van der Waals surface area contributed by atoms with E-state index < -0.39 is 6.36 Å². The summed E-state index contributed by atoms with van der Waals surface area (Å²) in [5.74, 6) is -0.0544. The number of alkyl halides is 3. The zero-order valence-corrected chi connectivity index (χ0v) is 13.4.